The number of fused-ring (bicyclic) bond motifs is 2. The average molecular weight is 634 g/mol. The molecule has 9 nitrogen and oxygen atoms in total. The molecule has 6 rings (SSSR count). The minimum Gasteiger partial charge on any atom is -0.494 e. The molecule has 238 valence electrons. The van der Waals surface area contributed by atoms with Gasteiger partial charge in [0.15, 0.2) is 0 Å². The Balaban J connectivity index is 1.43. The van der Waals surface area contributed by atoms with E-state index in [4.69, 9.17) is 21.1 Å². The molecule has 2 aromatic rings. The summed E-state index contributed by atoms with van der Waals surface area (Å²) in [6, 6.07) is 13.5. The van der Waals surface area contributed by atoms with E-state index < -0.39 is 29.1 Å². The predicted octanol–water partition coefficient (Wildman–Crippen LogP) is 4.77. The van der Waals surface area contributed by atoms with E-state index in [1.54, 1.807) is 39.0 Å². The van der Waals surface area contributed by atoms with E-state index in [-0.39, 0.29) is 30.9 Å². The van der Waals surface area contributed by atoms with Crippen LogP contribution >= 0.6 is 11.6 Å². The van der Waals surface area contributed by atoms with Gasteiger partial charge in [0.1, 0.15) is 17.4 Å². The molecule has 1 unspecified atom stereocenters. The van der Waals surface area contributed by atoms with Gasteiger partial charge in [-0.15, -0.1) is 0 Å². The number of benzene rings is 2. The lowest BCUT2D eigenvalue weighted by Gasteiger charge is -2.38. The smallest absolute Gasteiger partial charge is 0.253 e. The Morgan fingerprint density at radius 2 is 1.49 bits per heavy atom. The Morgan fingerprint density at radius 3 is 2.13 bits per heavy atom. The molecule has 0 saturated carbocycles. The monoisotopic (exact) mass is 633 g/mol. The van der Waals surface area contributed by atoms with Crippen molar-refractivity contribution in [3.05, 3.63) is 77.9 Å². The summed E-state index contributed by atoms with van der Waals surface area (Å²) in [6.45, 7) is 5.40. The second-order valence-electron chi connectivity index (χ2n) is 12.0. The highest BCUT2D eigenvalue weighted by Gasteiger charge is 2.75. The Morgan fingerprint density at radius 1 is 0.844 bits per heavy atom. The fourth-order valence-electron chi connectivity index (χ4n) is 7.54. The van der Waals surface area contributed by atoms with Crippen LogP contribution in [0.3, 0.4) is 0 Å². The standard InChI is InChI=1S/C35H40ClN3O6/c1-3-34-18-8-21-37(26-14-16-27(17-15-26)44-4-2)31(41)28(34)29-32(42)39(20-6-5-7-23-40)30-33(43)38(22-9-19-35(29,30)45-34)25-12-10-24(36)11-13-25/h8-19,28-30,40H,3-7,20-23H2,1-2H3/t28-,29+,30?,34+,35+/m1/s1. The lowest BCUT2D eigenvalue weighted by molar-refractivity contribution is -0.145. The first-order valence-corrected chi connectivity index (χ1v) is 16.3. The second kappa shape index (κ2) is 12.6. The molecule has 1 N–H and O–H groups in total. The average Bonchev–Trinajstić information content (AvgIpc) is 3.32. The minimum atomic E-state index is -1.34. The highest BCUT2D eigenvalue weighted by molar-refractivity contribution is 6.30. The molecular formula is C35H40ClN3O6. The molecule has 3 amide bonds. The van der Waals surface area contributed by atoms with E-state index >= 15 is 0 Å². The number of hydrogen-bond acceptors (Lipinski definition) is 6. The van der Waals surface area contributed by atoms with Crippen molar-refractivity contribution in [3.63, 3.8) is 0 Å². The van der Waals surface area contributed by atoms with Crippen LogP contribution in [0.1, 0.15) is 39.5 Å². The molecule has 0 aromatic heterocycles. The van der Waals surface area contributed by atoms with E-state index in [2.05, 4.69) is 0 Å². The highest BCUT2D eigenvalue weighted by atomic mass is 35.5. The van der Waals surface area contributed by atoms with Gasteiger partial charge in [-0.05, 0) is 81.1 Å². The Labute approximate surface area is 269 Å². The van der Waals surface area contributed by atoms with E-state index in [1.807, 2.05) is 62.4 Å². The maximum absolute atomic E-state index is 14.7. The number of ether oxygens (including phenoxy) is 2. The molecule has 45 heavy (non-hydrogen) atoms. The van der Waals surface area contributed by atoms with Crippen LogP contribution in [0.15, 0.2) is 72.8 Å². The lowest BCUT2D eigenvalue weighted by atomic mass is 9.73. The maximum atomic E-state index is 14.7. The highest BCUT2D eigenvalue weighted by Crippen LogP contribution is 2.59. The summed E-state index contributed by atoms with van der Waals surface area (Å²) in [5, 5.41) is 9.91. The van der Waals surface area contributed by atoms with Crippen LogP contribution in [-0.2, 0) is 19.1 Å². The van der Waals surface area contributed by atoms with Crippen LogP contribution in [-0.4, -0.2) is 77.8 Å². The van der Waals surface area contributed by atoms with Crippen molar-refractivity contribution in [2.24, 2.45) is 11.8 Å². The van der Waals surface area contributed by atoms with Crippen LogP contribution in [0.25, 0.3) is 0 Å². The van der Waals surface area contributed by atoms with E-state index in [1.165, 1.54) is 0 Å². The summed E-state index contributed by atoms with van der Waals surface area (Å²) < 4.78 is 12.7. The van der Waals surface area contributed by atoms with E-state index in [0.29, 0.717) is 67.5 Å². The summed E-state index contributed by atoms with van der Waals surface area (Å²) in [6.07, 6.45) is 9.99. The summed E-state index contributed by atoms with van der Waals surface area (Å²) in [5.74, 6) is -1.75. The number of carbonyl (C=O) groups is 3. The normalized spacial score (nSPS) is 29.0. The third-order valence-electron chi connectivity index (χ3n) is 9.59. The molecule has 0 radical (unpaired) electrons. The van der Waals surface area contributed by atoms with Gasteiger partial charge in [0.05, 0.1) is 24.0 Å². The lowest BCUT2D eigenvalue weighted by Crippen LogP contribution is -2.56. The van der Waals surface area contributed by atoms with Crippen molar-refractivity contribution in [2.45, 2.75) is 56.8 Å². The molecule has 4 aliphatic rings. The van der Waals surface area contributed by atoms with E-state index in [0.717, 1.165) is 0 Å². The molecule has 2 aromatic carbocycles. The zero-order chi connectivity index (χ0) is 31.8. The van der Waals surface area contributed by atoms with Gasteiger partial charge in [0.25, 0.3) is 5.91 Å². The number of carbonyl (C=O) groups excluding carboxylic acids is 3. The van der Waals surface area contributed by atoms with Gasteiger partial charge in [-0.1, -0.05) is 42.8 Å². The molecule has 4 aliphatic heterocycles. The van der Waals surface area contributed by atoms with Gasteiger partial charge < -0.3 is 29.3 Å². The van der Waals surface area contributed by atoms with Gasteiger partial charge in [0, 0.05) is 42.6 Å². The van der Waals surface area contributed by atoms with Crippen molar-refractivity contribution in [3.8, 4) is 5.75 Å². The van der Waals surface area contributed by atoms with Crippen molar-refractivity contribution in [1.29, 1.82) is 0 Å². The molecule has 1 spiro atoms. The fourth-order valence-corrected chi connectivity index (χ4v) is 7.67. The first-order valence-electron chi connectivity index (χ1n) is 15.9. The number of likely N-dealkylation sites (tertiary alicyclic amines) is 1. The third-order valence-corrected chi connectivity index (χ3v) is 9.85. The molecule has 2 fully saturated rings. The summed E-state index contributed by atoms with van der Waals surface area (Å²) in [7, 11) is 0. The molecule has 4 heterocycles. The number of anilines is 2. The van der Waals surface area contributed by atoms with Crippen molar-refractivity contribution in [2.75, 3.05) is 42.6 Å². The number of hydrogen-bond donors (Lipinski definition) is 1. The zero-order valence-corrected chi connectivity index (χ0v) is 26.5. The van der Waals surface area contributed by atoms with Crippen LogP contribution in [0, 0.1) is 11.8 Å². The largest absolute Gasteiger partial charge is 0.494 e. The Bertz CT molecular complexity index is 1490. The number of unbranched alkanes of at least 4 members (excludes halogenated alkanes) is 2. The number of nitrogens with zero attached hydrogens (tertiary/aromatic N) is 3. The maximum Gasteiger partial charge on any atom is 0.253 e. The van der Waals surface area contributed by atoms with Crippen LogP contribution < -0.4 is 14.5 Å². The van der Waals surface area contributed by atoms with Crippen LogP contribution in [0.5, 0.6) is 5.75 Å². The predicted molar refractivity (Wildman–Crippen MR) is 172 cm³/mol. The number of halogens is 1. The van der Waals surface area contributed by atoms with Gasteiger partial charge in [-0.25, -0.2) is 0 Å². The Kier molecular flexibility index (Phi) is 8.78. The van der Waals surface area contributed by atoms with E-state index in [9.17, 15) is 19.5 Å². The molecule has 0 bridgehead atoms. The minimum absolute atomic E-state index is 0.0579. The number of amides is 3. The van der Waals surface area contributed by atoms with Crippen molar-refractivity contribution in [1.82, 2.24) is 4.90 Å². The quantitative estimate of drug-likeness (QED) is 0.299. The van der Waals surface area contributed by atoms with Gasteiger partial charge in [-0.3, -0.25) is 14.4 Å². The zero-order valence-electron chi connectivity index (χ0n) is 25.7. The SMILES string of the molecule is CCOc1ccc(N2CC=C[C@]3(CC)O[C@]45C=CCN(c6ccc(Cl)cc6)C(=O)C4N(CCCCCO)C(=O)[C@@H]5[C@@H]3C2=O)cc1. The molecule has 2 saturated heterocycles. The van der Waals surface area contributed by atoms with Crippen molar-refractivity contribution >= 4 is 40.7 Å². The third kappa shape index (κ3) is 5.24. The first kappa shape index (κ1) is 31.3. The number of aliphatic hydroxyl groups excluding tert-OH is 1. The molecule has 0 aliphatic carbocycles. The number of aliphatic hydroxyl groups is 1. The first-order chi connectivity index (χ1) is 21.8. The van der Waals surface area contributed by atoms with Crippen molar-refractivity contribution < 1.29 is 29.0 Å². The molecule has 10 heteroatoms. The van der Waals surface area contributed by atoms with Gasteiger partial charge in [0.2, 0.25) is 11.8 Å². The fraction of sp³-hybridized carbons (Fsp3) is 0.457. The van der Waals surface area contributed by atoms with Crippen LogP contribution in [0.4, 0.5) is 11.4 Å². The van der Waals surface area contributed by atoms with Gasteiger partial charge in [-0.2, -0.15) is 0 Å². The summed E-state index contributed by atoms with van der Waals surface area (Å²) in [4.78, 5) is 49.0. The number of rotatable bonds is 10. The summed E-state index contributed by atoms with van der Waals surface area (Å²) in [5.41, 5.74) is -1.05. The summed E-state index contributed by atoms with van der Waals surface area (Å²) >= 11 is 6.15. The molecular weight excluding hydrogens is 594 g/mol. The topological polar surface area (TPSA) is 99.6 Å². The van der Waals surface area contributed by atoms with Gasteiger partial charge >= 0.3 is 0 Å². The molecule has 5 atom stereocenters. The Hall–Kier alpha value is -3.66. The second-order valence-corrected chi connectivity index (χ2v) is 12.5. The van der Waals surface area contributed by atoms with Crippen LogP contribution in [0.2, 0.25) is 5.02 Å².